The zero-order chi connectivity index (χ0) is 20.9. The zero-order valence-electron chi connectivity index (χ0n) is 17.8. The Labute approximate surface area is 183 Å². The number of morpholine rings is 1. The minimum absolute atomic E-state index is 0.0840. The van der Waals surface area contributed by atoms with Gasteiger partial charge in [0.15, 0.2) is 5.16 Å². The third kappa shape index (κ3) is 5.13. The van der Waals surface area contributed by atoms with E-state index in [2.05, 4.69) is 24.8 Å². The van der Waals surface area contributed by atoms with Gasteiger partial charge >= 0.3 is 0 Å². The van der Waals surface area contributed by atoms with Gasteiger partial charge in [-0.2, -0.15) is 0 Å². The number of anilines is 1. The van der Waals surface area contributed by atoms with Gasteiger partial charge in [-0.25, -0.2) is 9.97 Å². The molecule has 0 bridgehead atoms. The van der Waals surface area contributed by atoms with Gasteiger partial charge < -0.3 is 14.5 Å². The molecule has 4 rings (SSSR count). The third-order valence-electron chi connectivity index (χ3n) is 5.60. The van der Waals surface area contributed by atoms with E-state index in [4.69, 9.17) is 14.7 Å². The molecule has 1 aromatic carbocycles. The molecule has 1 amide bonds. The van der Waals surface area contributed by atoms with E-state index >= 15 is 0 Å². The summed E-state index contributed by atoms with van der Waals surface area (Å²) in [7, 11) is 0. The fourth-order valence-corrected chi connectivity index (χ4v) is 4.56. The molecule has 0 saturated carbocycles. The van der Waals surface area contributed by atoms with Crippen LogP contribution in [0.4, 0.5) is 5.82 Å². The van der Waals surface area contributed by atoms with E-state index in [-0.39, 0.29) is 5.91 Å². The van der Waals surface area contributed by atoms with Crippen LogP contribution >= 0.6 is 11.8 Å². The Morgan fingerprint density at radius 1 is 1.07 bits per heavy atom. The number of ether oxygens (including phenoxy) is 1. The lowest BCUT2D eigenvalue weighted by atomic mass is 10.1. The minimum atomic E-state index is 0.0840. The molecule has 6 nitrogen and oxygen atoms in total. The summed E-state index contributed by atoms with van der Waals surface area (Å²) >= 11 is 1.66. The van der Waals surface area contributed by atoms with Crippen molar-refractivity contribution in [3.05, 3.63) is 47.2 Å². The van der Waals surface area contributed by atoms with Crippen molar-refractivity contribution < 1.29 is 9.53 Å². The van der Waals surface area contributed by atoms with Gasteiger partial charge in [0.05, 0.1) is 13.2 Å². The fraction of sp³-hybridized carbons (Fsp3) is 0.522. The Morgan fingerprint density at radius 3 is 2.43 bits per heavy atom. The topological polar surface area (TPSA) is 58.6 Å². The van der Waals surface area contributed by atoms with Gasteiger partial charge in [-0.15, -0.1) is 0 Å². The molecule has 0 spiro atoms. The second-order valence-corrected chi connectivity index (χ2v) is 9.12. The Kier molecular flexibility index (Phi) is 6.89. The first-order valence-electron chi connectivity index (χ1n) is 10.8. The first-order valence-corrected chi connectivity index (χ1v) is 11.8. The van der Waals surface area contributed by atoms with Gasteiger partial charge in [0, 0.05) is 49.3 Å². The number of carbonyl (C=O) groups excluding carboxylic acids is 1. The second-order valence-electron chi connectivity index (χ2n) is 8.17. The van der Waals surface area contributed by atoms with Gasteiger partial charge in [0.1, 0.15) is 5.82 Å². The van der Waals surface area contributed by atoms with E-state index < -0.39 is 0 Å². The summed E-state index contributed by atoms with van der Waals surface area (Å²) in [6.07, 6.45) is 2.47. The van der Waals surface area contributed by atoms with Gasteiger partial charge in [-0.3, -0.25) is 4.79 Å². The lowest BCUT2D eigenvalue weighted by Gasteiger charge is -2.26. The van der Waals surface area contributed by atoms with E-state index in [0.29, 0.717) is 32.2 Å². The second kappa shape index (κ2) is 9.79. The van der Waals surface area contributed by atoms with E-state index in [0.717, 1.165) is 41.1 Å². The average Bonchev–Trinajstić information content (AvgIpc) is 3.33. The van der Waals surface area contributed by atoms with Crippen molar-refractivity contribution in [1.29, 1.82) is 0 Å². The lowest BCUT2D eigenvalue weighted by Crippen LogP contribution is -2.40. The summed E-state index contributed by atoms with van der Waals surface area (Å²) in [6.45, 7) is 9.08. The van der Waals surface area contributed by atoms with Crippen molar-refractivity contribution in [2.75, 3.05) is 44.3 Å². The molecule has 7 heteroatoms. The smallest absolute Gasteiger partial charge is 0.254 e. The molecule has 2 aromatic rings. The Hall–Kier alpha value is -2.12. The van der Waals surface area contributed by atoms with Crippen LogP contribution < -0.4 is 4.90 Å². The normalized spacial score (nSPS) is 17.0. The van der Waals surface area contributed by atoms with Crippen molar-refractivity contribution in [2.45, 2.75) is 43.5 Å². The standard InChI is InChI=1S/C23H30N4O2S/c1-17(2)20-15-21(26-9-3-4-10-26)25-23(24-20)30-16-18-5-7-19(8-6-18)22(28)27-11-13-29-14-12-27/h5-8,15,17H,3-4,9-14,16H2,1-2H3. The van der Waals surface area contributed by atoms with E-state index in [1.807, 2.05) is 29.2 Å². The van der Waals surface area contributed by atoms with Crippen LogP contribution in [-0.2, 0) is 10.5 Å². The molecule has 0 unspecified atom stereocenters. The molecule has 0 radical (unpaired) electrons. The lowest BCUT2D eigenvalue weighted by molar-refractivity contribution is 0.0303. The van der Waals surface area contributed by atoms with E-state index in [9.17, 15) is 4.79 Å². The van der Waals surface area contributed by atoms with Crippen LogP contribution in [0.15, 0.2) is 35.5 Å². The number of aromatic nitrogens is 2. The summed E-state index contributed by atoms with van der Waals surface area (Å²) in [6, 6.07) is 10.1. The highest BCUT2D eigenvalue weighted by atomic mass is 32.2. The molecule has 0 N–H and O–H groups in total. The maximum Gasteiger partial charge on any atom is 0.254 e. The zero-order valence-corrected chi connectivity index (χ0v) is 18.7. The molecule has 1 aromatic heterocycles. The van der Waals surface area contributed by atoms with Crippen molar-refractivity contribution in [2.24, 2.45) is 0 Å². The number of amides is 1. The number of nitrogens with zero attached hydrogens (tertiary/aromatic N) is 4. The molecule has 2 aliphatic rings. The number of benzene rings is 1. The van der Waals surface area contributed by atoms with Crippen LogP contribution in [0.25, 0.3) is 0 Å². The predicted octanol–water partition coefficient (Wildman–Crippen LogP) is 3.96. The maximum absolute atomic E-state index is 12.6. The van der Waals surface area contributed by atoms with Crippen LogP contribution in [0, 0.1) is 0 Å². The average molecular weight is 427 g/mol. The number of carbonyl (C=O) groups is 1. The first-order chi connectivity index (χ1) is 14.6. The van der Waals surface area contributed by atoms with Crippen molar-refractivity contribution in [1.82, 2.24) is 14.9 Å². The molecule has 160 valence electrons. The molecule has 2 saturated heterocycles. The summed E-state index contributed by atoms with van der Waals surface area (Å²) in [5, 5.41) is 0.830. The molecule has 2 aliphatic heterocycles. The Bertz CT molecular complexity index is 860. The monoisotopic (exact) mass is 426 g/mol. The van der Waals surface area contributed by atoms with Crippen LogP contribution in [0.1, 0.15) is 54.2 Å². The molecule has 0 atom stereocenters. The molecular formula is C23H30N4O2S. The maximum atomic E-state index is 12.6. The van der Waals surface area contributed by atoms with Gasteiger partial charge in [0.2, 0.25) is 0 Å². The van der Waals surface area contributed by atoms with Crippen LogP contribution in [-0.4, -0.2) is 60.2 Å². The predicted molar refractivity (Wildman–Crippen MR) is 120 cm³/mol. The van der Waals surface area contributed by atoms with Gasteiger partial charge in [-0.05, 0) is 36.5 Å². The highest BCUT2D eigenvalue weighted by Gasteiger charge is 2.19. The molecule has 30 heavy (non-hydrogen) atoms. The van der Waals surface area contributed by atoms with E-state index in [1.54, 1.807) is 11.8 Å². The summed E-state index contributed by atoms with van der Waals surface area (Å²) in [5.74, 6) is 2.30. The quantitative estimate of drug-likeness (QED) is 0.515. The Balaban J connectivity index is 1.42. The first kappa shape index (κ1) is 21.1. The van der Waals surface area contributed by atoms with Crippen molar-refractivity contribution >= 4 is 23.5 Å². The summed E-state index contributed by atoms with van der Waals surface area (Å²) in [4.78, 5) is 26.4. The number of hydrogen-bond donors (Lipinski definition) is 0. The fourth-order valence-electron chi connectivity index (χ4n) is 3.74. The van der Waals surface area contributed by atoms with E-state index in [1.165, 1.54) is 18.4 Å². The largest absolute Gasteiger partial charge is 0.378 e. The van der Waals surface area contributed by atoms with Crippen molar-refractivity contribution in [3.63, 3.8) is 0 Å². The van der Waals surface area contributed by atoms with Gasteiger partial charge in [-0.1, -0.05) is 37.7 Å². The molecule has 2 fully saturated rings. The Morgan fingerprint density at radius 2 is 1.77 bits per heavy atom. The van der Waals surface area contributed by atoms with Crippen LogP contribution in [0.5, 0.6) is 0 Å². The number of hydrogen-bond acceptors (Lipinski definition) is 6. The third-order valence-corrected chi connectivity index (χ3v) is 6.52. The van der Waals surface area contributed by atoms with Crippen LogP contribution in [0.3, 0.4) is 0 Å². The molecule has 0 aliphatic carbocycles. The SMILES string of the molecule is CC(C)c1cc(N2CCCC2)nc(SCc2ccc(C(=O)N3CCOCC3)cc2)n1. The highest BCUT2D eigenvalue weighted by molar-refractivity contribution is 7.98. The van der Waals surface area contributed by atoms with Crippen LogP contribution in [0.2, 0.25) is 0 Å². The number of rotatable bonds is 6. The molecule has 3 heterocycles. The van der Waals surface area contributed by atoms with Gasteiger partial charge in [0.25, 0.3) is 5.91 Å². The van der Waals surface area contributed by atoms with Crippen molar-refractivity contribution in [3.8, 4) is 0 Å². The highest BCUT2D eigenvalue weighted by Crippen LogP contribution is 2.27. The molecular weight excluding hydrogens is 396 g/mol. The minimum Gasteiger partial charge on any atom is -0.378 e. The summed E-state index contributed by atoms with van der Waals surface area (Å²) < 4.78 is 5.33. The summed E-state index contributed by atoms with van der Waals surface area (Å²) in [5.41, 5.74) is 3.00. The number of thioether (sulfide) groups is 1.